The van der Waals surface area contributed by atoms with Crippen LogP contribution in [0.15, 0.2) is 23.1 Å². The van der Waals surface area contributed by atoms with Gasteiger partial charge in [0.25, 0.3) is 5.91 Å². The van der Waals surface area contributed by atoms with E-state index >= 15 is 0 Å². The number of hydrogen-bond acceptors (Lipinski definition) is 6. The fourth-order valence-electron chi connectivity index (χ4n) is 3.40. The highest BCUT2D eigenvalue weighted by Crippen LogP contribution is 2.23. The quantitative estimate of drug-likeness (QED) is 0.677. The number of aryl methyl sites for hydroxylation is 1. The minimum Gasteiger partial charge on any atom is -0.449 e. The Morgan fingerprint density at radius 2 is 1.75 bits per heavy atom. The van der Waals surface area contributed by atoms with Gasteiger partial charge in [-0.15, -0.1) is 0 Å². The lowest BCUT2D eigenvalue weighted by Crippen LogP contribution is -2.41. The predicted octanol–water partition coefficient (Wildman–Crippen LogP) is 1.18. The minimum atomic E-state index is -3.74. The van der Waals surface area contributed by atoms with Crippen LogP contribution < -0.4 is 0 Å². The fourth-order valence-corrected chi connectivity index (χ4v) is 5.06. The summed E-state index contributed by atoms with van der Waals surface area (Å²) in [4.78, 5) is 26.6. The molecule has 2 aliphatic heterocycles. The van der Waals surface area contributed by atoms with Crippen molar-refractivity contribution >= 4 is 21.9 Å². The average molecular weight is 410 g/mol. The maximum atomic E-state index is 12.9. The van der Waals surface area contributed by atoms with Gasteiger partial charge in [-0.25, -0.2) is 13.2 Å². The fraction of sp³-hybridized carbons (Fsp3) is 0.579. The highest BCUT2D eigenvalue weighted by Gasteiger charge is 2.30. The van der Waals surface area contributed by atoms with E-state index in [1.807, 2.05) is 0 Å². The first-order valence-electron chi connectivity index (χ1n) is 9.49. The van der Waals surface area contributed by atoms with E-state index in [0.717, 1.165) is 12.8 Å². The van der Waals surface area contributed by atoms with Crippen molar-refractivity contribution in [2.45, 2.75) is 37.7 Å². The molecule has 0 bridgehead atoms. The molecular weight excluding hydrogens is 384 g/mol. The van der Waals surface area contributed by atoms with E-state index < -0.39 is 22.1 Å². The summed E-state index contributed by atoms with van der Waals surface area (Å²) in [7, 11) is -3.74. The van der Waals surface area contributed by atoms with Gasteiger partial charge in [0.05, 0.1) is 23.7 Å². The van der Waals surface area contributed by atoms with Crippen molar-refractivity contribution in [3.05, 3.63) is 29.3 Å². The Balaban J connectivity index is 1.76. The predicted molar refractivity (Wildman–Crippen MR) is 101 cm³/mol. The molecule has 0 N–H and O–H groups in total. The summed E-state index contributed by atoms with van der Waals surface area (Å²) in [5.74, 6) is -0.933. The molecule has 3 rings (SSSR count). The molecule has 0 aliphatic carbocycles. The van der Waals surface area contributed by atoms with Crippen LogP contribution in [0.3, 0.4) is 0 Å². The number of likely N-dealkylation sites (tertiary alicyclic amines) is 1. The molecule has 1 amide bonds. The zero-order chi connectivity index (χ0) is 20.3. The normalized spacial score (nSPS) is 19.4. The lowest BCUT2D eigenvalue weighted by molar-refractivity contribution is -0.138. The van der Waals surface area contributed by atoms with Crippen LogP contribution in [0, 0.1) is 6.92 Å². The molecule has 2 heterocycles. The molecule has 0 radical (unpaired) electrons. The number of hydrogen-bond donors (Lipinski definition) is 0. The third-order valence-electron chi connectivity index (χ3n) is 5.06. The summed E-state index contributed by atoms with van der Waals surface area (Å²) in [5.41, 5.74) is 0.655. The van der Waals surface area contributed by atoms with Crippen LogP contribution >= 0.6 is 0 Å². The molecule has 0 unspecified atom stereocenters. The minimum absolute atomic E-state index is 0.0716. The van der Waals surface area contributed by atoms with Crippen LogP contribution in [0.4, 0.5) is 0 Å². The Morgan fingerprint density at radius 3 is 2.39 bits per heavy atom. The van der Waals surface area contributed by atoms with Crippen LogP contribution in [0.25, 0.3) is 0 Å². The Bertz CT molecular complexity index is 842. The Kier molecular flexibility index (Phi) is 6.36. The summed E-state index contributed by atoms with van der Waals surface area (Å²) in [5, 5.41) is 0. The second-order valence-corrected chi connectivity index (χ2v) is 8.98. The lowest BCUT2D eigenvalue weighted by atomic mass is 10.1. The first kappa shape index (κ1) is 20.8. The highest BCUT2D eigenvalue weighted by atomic mass is 32.2. The number of morpholine rings is 1. The van der Waals surface area contributed by atoms with E-state index in [-0.39, 0.29) is 29.5 Å². The van der Waals surface area contributed by atoms with E-state index in [9.17, 15) is 18.0 Å². The smallest absolute Gasteiger partial charge is 0.338 e. The SMILES string of the molecule is Cc1ccc(C(=O)O[C@@H](C)C(=O)N2CCCC2)cc1S(=O)(=O)N1CCOCC1. The van der Waals surface area contributed by atoms with Crippen LogP contribution in [0.5, 0.6) is 0 Å². The van der Waals surface area contributed by atoms with Crippen molar-refractivity contribution in [2.24, 2.45) is 0 Å². The maximum absolute atomic E-state index is 12.9. The summed E-state index contributed by atoms with van der Waals surface area (Å²) < 4.78 is 37.8. The molecule has 1 aromatic rings. The number of amides is 1. The number of carbonyl (C=O) groups is 2. The van der Waals surface area contributed by atoms with Gasteiger partial charge < -0.3 is 14.4 Å². The van der Waals surface area contributed by atoms with Gasteiger partial charge in [-0.3, -0.25) is 4.79 Å². The van der Waals surface area contributed by atoms with Gasteiger partial charge >= 0.3 is 5.97 Å². The van der Waals surface area contributed by atoms with Crippen LogP contribution in [-0.4, -0.2) is 75.0 Å². The van der Waals surface area contributed by atoms with E-state index in [0.29, 0.717) is 31.9 Å². The van der Waals surface area contributed by atoms with Crippen molar-refractivity contribution in [1.29, 1.82) is 0 Å². The number of benzene rings is 1. The van der Waals surface area contributed by atoms with E-state index in [2.05, 4.69) is 0 Å². The molecule has 0 aromatic heterocycles. The van der Waals surface area contributed by atoms with Crippen LogP contribution in [0.1, 0.15) is 35.7 Å². The molecule has 2 fully saturated rings. The largest absolute Gasteiger partial charge is 0.449 e. The number of nitrogens with zero attached hydrogens (tertiary/aromatic N) is 2. The number of rotatable bonds is 5. The first-order chi connectivity index (χ1) is 13.3. The Hall–Kier alpha value is -1.97. The maximum Gasteiger partial charge on any atom is 0.338 e. The number of carbonyl (C=O) groups excluding carboxylic acids is 2. The van der Waals surface area contributed by atoms with Gasteiger partial charge in [0, 0.05) is 26.2 Å². The van der Waals surface area contributed by atoms with Crippen LogP contribution in [-0.2, 0) is 24.3 Å². The van der Waals surface area contributed by atoms with Crippen molar-refractivity contribution in [1.82, 2.24) is 9.21 Å². The lowest BCUT2D eigenvalue weighted by Gasteiger charge is -2.26. The molecule has 1 atom stereocenters. The van der Waals surface area contributed by atoms with Gasteiger partial charge in [0.15, 0.2) is 6.10 Å². The third-order valence-corrected chi connectivity index (χ3v) is 7.10. The van der Waals surface area contributed by atoms with Crippen molar-refractivity contribution in [2.75, 3.05) is 39.4 Å². The molecule has 8 nitrogen and oxygen atoms in total. The molecule has 1 aromatic carbocycles. The second kappa shape index (κ2) is 8.59. The van der Waals surface area contributed by atoms with E-state index in [1.54, 1.807) is 17.9 Å². The average Bonchev–Trinajstić information content (AvgIpc) is 3.23. The first-order valence-corrected chi connectivity index (χ1v) is 10.9. The number of sulfonamides is 1. The van der Waals surface area contributed by atoms with Crippen molar-refractivity contribution < 1.29 is 27.5 Å². The van der Waals surface area contributed by atoms with E-state index in [4.69, 9.17) is 9.47 Å². The topological polar surface area (TPSA) is 93.2 Å². The third kappa shape index (κ3) is 4.37. The van der Waals surface area contributed by atoms with Gasteiger partial charge in [-0.05, 0) is 44.4 Å². The molecule has 9 heteroatoms. The highest BCUT2D eigenvalue weighted by molar-refractivity contribution is 7.89. The Labute approximate surface area is 165 Å². The number of ether oxygens (including phenoxy) is 2. The standard InChI is InChI=1S/C19H26N2O6S/c1-14-5-6-16(13-17(14)28(24,25)21-9-11-26-12-10-21)19(23)27-15(2)18(22)20-7-3-4-8-20/h5-6,13,15H,3-4,7-12H2,1-2H3/t15-/m0/s1. The summed E-state index contributed by atoms with van der Waals surface area (Å²) in [6.07, 6.45) is 0.992. The van der Waals surface area contributed by atoms with Gasteiger partial charge in [-0.1, -0.05) is 6.07 Å². The molecular formula is C19H26N2O6S. The van der Waals surface area contributed by atoms with Gasteiger partial charge in [0.1, 0.15) is 0 Å². The molecule has 2 saturated heterocycles. The molecule has 0 saturated carbocycles. The zero-order valence-corrected chi connectivity index (χ0v) is 17.0. The molecule has 154 valence electrons. The summed E-state index contributed by atoms with van der Waals surface area (Å²) in [6.45, 7) is 5.81. The molecule has 28 heavy (non-hydrogen) atoms. The summed E-state index contributed by atoms with van der Waals surface area (Å²) in [6, 6.07) is 4.43. The summed E-state index contributed by atoms with van der Waals surface area (Å²) >= 11 is 0. The Morgan fingerprint density at radius 1 is 1.11 bits per heavy atom. The van der Waals surface area contributed by atoms with E-state index in [1.165, 1.54) is 23.4 Å². The number of esters is 1. The zero-order valence-electron chi connectivity index (χ0n) is 16.2. The molecule has 2 aliphatic rings. The second-order valence-electron chi connectivity index (χ2n) is 7.08. The van der Waals surface area contributed by atoms with Crippen LogP contribution in [0.2, 0.25) is 0 Å². The van der Waals surface area contributed by atoms with Crippen molar-refractivity contribution in [3.63, 3.8) is 0 Å². The monoisotopic (exact) mass is 410 g/mol. The molecule has 0 spiro atoms. The van der Waals surface area contributed by atoms with Gasteiger partial charge in [-0.2, -0.15) is 4.31 Å². The van der Waals surface area contributed by atoms with Gasteiger partial charge in [0.2, 0.25) is 10.0 Å². The van der Waals surface area contributed by atoms with Crippen molar-refractivity contribution in [3.8, 4) is 0 Å².